The van der Waals surface area contributed by atoms with Crippen molar-refractivity contribution in [3.8, 4) is 23.3 Å². The molecule has 1 atom stereocenters. The lowest BCUT2D eigenvalue weighted by Gasteiger charge is -2.43. The summed E-state index contributed by atoms with van der Waals surface area (Å²) in [4.78, 5) is 22.4. The molecule has 3 heterocycles. The smallest absolute Gasteiger partial charge is 0.226 e. The van der Waals surface area contributed by atoms with Crippen molar-refractivity contribution in [1.82, 2.24) is 19.7 Å². The fraction of sp³-hybridized carbons (Fsp3) is 0.560. The van der Waals surface area contributed by atoms with Crippen molar-refractivity contribution in [3.63, 3.8) is 0 Å². The summed E-state index contributed by atoms with van der Waals surface area (Å²) in [6, 6.07) is 6.68. The van der Waals surface area contributed by atoms with Crippen LogP contribution in [-0.4, -0.2) is 51.2 Å². The lowest BCUT2D eigenvalue weighted by Crippen LogP contribution is -2.57. The first-order valence-electron chi connectivity index (χ1n) is 12.1. The number of pyridine rings is 1. The number of amides is 1. The van der Waals surface area contributed by atoms with Crippen molar-refractivity contribution in [2.75, 3.05) is 24.5 Å². The highest BCUT2D eigenvalue weighted by atomic mass is 16.2. The summed E-state index contributed by atoms with van der Waals surface area (Å²) in [5.41, 5.74) is 3.45. The zero-order valence-electron chi connectivity index (χ0n) is 18.7. The highest BCUT2D eigenvalue weighted by Gasteiger charge is 2.45. The Bertz CT molecular complexity index is 1180. The molecular weight excluding hydrogens is 414 g/mol. The van der Waals surface area contributed by atoms with E-state index < -0.39 is 0 Å². The molecule has 0 bridgehead atoms. The molecule has 0 radical (unpaired) electrons. The number of carbonyl (C=O) groups is 1. The fourth-order valence-corrected chi connectivity index (χ4v) is 5.13. The third-order valence-corrected chi connectivity index (χ3v) is 7.39. The second-order valence-corrected chi connectivity index (χ2v) is 9.92. The number of nitriles is 2. The van der Waals surface area contributed by atoms with Crippen LogP contribution in [0.2, 0.25) is 0 Å². The number of nitrogens with zero attached hydrogens (tertiary/aromatic N) is 7. The van der Waals surface area contributed by atoms with Crippen molar-refractivity contribution >= 4 is 11.7 Å². The largest absolute Gasteiger partial charge is 0.352 e. The standard InChI is InChI=1S/C25H27N7O/c26-7-8-31-14-20(13-28-31)21-11-19(12-27)24(29-23(21)17-3-4-17)30-9-10-32(25(33)18-5-6-18)22(15-30)16-1-2-16/h11,13-14,16-18,22H,1-6,8-10,15H2/t22-/m0/s1. The summed E-state index contributed by atoms with van der Waals surface area (Å²) in [5.74, 6) is 2.32. The van der Waals surface area contributed by atoms with E-state index in [1.54, 1.807) is 10.9 Å². The summed E-state index contributed by atoms with van der Waals surface area (Å²) in [7, 11) is 0. The average Bonchev–Trinajstić information content (AvgIpc) is 3.70. The Morgan fingerprint density at radius 3 is 2.61 bits per heavy atom. The minimum absolute atomic E-state index is 0.196. The monoisotopic (exact) mass is 441 g/mol. The number of piperazine rings is 1. The summed E-state index contributed by atoms with van der Waals surface area (Å²) < 4.78 is 1.61. The third-order valence-electron chi connectivity index (χ3n) is 7.39. The van der Waals surface area contributed by atoms with E-state index in [4.69, 9.17) is 10.2 Å². The first-order chi connectivity index (χ1) is 16.2. The van der Waals surface area contributed by atoms with Crippen LogP contribution in [0.3, 0.4) is 0 Å². The molecule has 4 aliphatic rings. The Hall–Kier alpha value is -3.39. The molecule has 0 N–H and O–H groups in total. The van der Waals surface area contributed by atoms with E-state index in [0.717, 1.165) is 54.9 Å². The van der Waals surface area contributed by atoms with Gasteiger partial charge in [0.2, 0.25) is 5.91 Å². The van der Waals surface area contributed by atoms with Gasteiger partial charge in [-0.1, -0.05) is 0 Å². The van der Waals surface area contributed by atoms with Crippen LogP contribution >= 0.6 is 0 Å². The minimum Gasteiger partial charge on any atom is -0.352 e. The zero-order chi connectivity index (χ0) is 22.5. The van der Waals surface area contributed by atoms with Gasteiger partial charge in [-0.25, -0.2) is 4.98 Å². The predicted molar refractivity (Wildman–Crippen MR) is 121 cm³/mol. The van der Waals surface area contributed by atoms with Gasteiger partial charge in [0.1, 0.15) is 18.4 Å². The molecule has 0 spiro atoms. The molecule has 8 nitrogen and oxygen atoms in total. The first kappa shape index (κ1) is 20.2. The van der Waals surface area contributed by atoms with E-state index in [0.29, 0.717) is 36.4 Å². The molecule has 6 rings (SSSR count). The second-order valence-electron chi connectivity index (χ2n) is 9.92. The minimum atomic E-state index is 0.196. The highest BCUT2D eigenvalue weighted by molar-refractivity contribution is 5.82. The van der Waals surface area contributed by atoms with Crippen LogP contribution in [0.4, 0.5) is 5.82 Å². The Morgan fingerprint density at radius 1 is 1.12 bits per heavy atom. The normalized spacial score (nSPS) is 22.7. The van der Waals surface area contributed by atoms with Crippen LogP contribution in [0.1, 0.15) is 55.7 Å². The van der Waals surface area contributed by atoms with Crippen molar-refractivity contribution < 1.29 is 4.79 Å². The molecule has 33 heavy (non-hydrogen) atoms. The van der Waals surface area contributed by atoms with Crippen LogP contribution in [0, 0.1) is 34.5 Å². The van der Waals surface area contributed by atoms with Gasteiger partial charge in [0, 0.05) is 48.8 Å². The predicted octanol–water partition coefficient (Wildman–Crippen LogP) is 3.05. The van der Waals surface area contributed by atoms with Crippen LogP contribution in [0.5, 0.6) is 0 Å². The first-order valence-corrected chi connectivity index (χ1v) is 12.1. The number of hydrogen-bond acceptors (Lipinski definition) is 6. The van der Waals surface area contributed by atoms with Crippen molar-refractivity contribution in [3.05, 3.63) is 29.7 Å². The van der Waals surface area contributed by atoms with Crippen LogP contribution in [0.15, 0.2) is 18.5 Å². The van der Waals surface area contributed by atoms with E-state index in [-0.39, 0.29) is 18.5 Å². The molecule has 3 saturated carbocycles. The lowest BCUT2D eigenvalue weighted by molar-refractivity contribution is -0.135. The number of rotatable bonds is 6. The highest BCUT2D eigenvalue weighted by Crippen LogP contribution is 2.45. The fourth-order valence-electron chi connectivity index (χ4n) is 5.13. The maximum Gasteiger partial charge on any atom is 0.226 e. The van der Waals surface area contributed by atoms with Crippen LogP contribution < -0.4 is 4.90 Å². The number of anilines is 1. The van der Waals surface area contributed by atoms with Gasteiger partial charge in [-0.05, 0) is 50.5 Å². The Kier molecular flexibility index (Phi) is 4.83. The zero-order valence-corrected chi connectivity index (χ0v) is 18.7. The average molecular weight is 442 g/mol. The molecule has 4 fully saturated rings. The Labute approximate surface area is 193 Å². The number of carbonyl (C=O) groups excluding carboxylic acids is 1. The molecule has 0 aromatic carbocycles. The molecule has 1 amide bonds. The van der Waals surface area contributed by atoms with Crippen LogP contribution in [0.25, 0.3) is 11.1 Å². The van der Waals surface area contributed by atoms with Gasteiger partial charge in [-0.2, -0.15) is 15.6 Å². The Balaban J connectivity index is 1.33. The molecule has 1 saturated heterocycles. The number of aromatic nitrogens is 3. The SMILES string of the molecule is N#CCn1cc(-c2cc(C#N)c(N3CCN(C(=O)C4CC4)[C@H](C4CC4)C3)nc2C2CC2)cn1. The van der Waals surface area contributed by atoms with Crippen LogP contribution in [-0.2, 0) is 11.3 Å². The van der Waals surface area contributed by atoms with Gasteiger partial charge in [0.15, 0.2) is 0 Å². The van der Waals surface area contributed by atoms with E-state index in [1.165, 1.54) is 12.8 Å². The van der Waals surface area contributed by atoms with E-state index in [2.05, 4.69) is 27.0 Å². The summed E-state index contributed by atoms with van der Waals surface area (Å²) >= 11 is 0. The molecule has 0 unspecified atom stereocenters. The topological polar surface area (TPSA) is 102 Å². The summed E-state index contributed by atoms with van der Waals surface area (Å²) in [5, 5.41) is 23.3. The quantitative estimate of drug-likeness (QED) is 0.683. The summed E-state index contributed by atoms with van der Waals surface area (Å²) in [6.45, 7) is 2.38. The second kappa shape index (κ2) is 7.88. The van der Waals surface area contributed by atoms with E-state index in [1.807, 2.05) is 12.3 Å². The van der Waals surface area contributed by atoms with E-state index >= 15 is 0 Å². The van der Waals surface area contributed by atoms with Crippen molar-refractivity contribution in [2.45, 2.75) is 57.0 Å². The lowest BCUT2D eigenvalue weighted by atomic mass is 10.0. The third kappa shape index (κ3) is 3.84. The molecular formula is C25H27N7O. The molecule has 8 heteroatoms. The van der Waals surface area contributed by atoms with Gasteiger partial charge >= 0.3 is 0 Å². The van der Waals surface area contributed by atoms with Crippen molar-refractivity contribution in [2.24, 2.45) is 11.8 Å². The molecule has 3 aliphatic carbocycles. The maximum atomic E-state index is 12.9. The van der Waals surface area contributed by atoms with Gasteiger partial charge in [-0.15, -0.1) is 0 Å². The van der Waals surface area contributed by atoms with Gasteiger partial charge in [0.25, 0.3) is 0 Å². The number of hydrogen-bond donors (Lipinski definition) is 0. The maximum absolute atomic E-state index is 12.9. The molecule has 1 aliphatic heterocycles. The molecule has 168 valence electrons. The van der Waals surface area contributed by atoms with Gasteiger partial charge in [0.05, 0.1) is 29.6 Å². The molecule has 2 aromatic heterocycles. The van der Waals surface area contributed by atoms with Crippen molar-refractivity contribution in [1.29, 1.82) is 10.5 Å². The van der Waals surface area contributed by atoms with Gasteiger partial charge < -0.3 is 9.80 Å². The molecule has 2 aromatic rings. The Morgan fingerprint density at radius 2 is 1.94 bits per heavy atom. The van der Waals surface area contributed by atoms with Gasteiger partial charge in [-0.3, -0.25) is 9.48 Å². The van der Waals surface area contributed by atoms with E-state index in [9.17, 15) is 10.1 Å². The summed E-state index contributed by atoms with van der Waals surface area (Å²) in [6.07, 6.45) is 10.3.